The summed E-state index contributed by atoms with van der Waals surface area (Å²) < 4.78 is 28.9. The van der Waals surface area contributed by atoms with Crippen molar-refractivity contribution < 1.29 is 8.78 Å². The molecule has 3 aromatic heterocycles. The molecule has 1 fully saturated rings. The molecule has 2 atom stereocenters. The zero-order chi connectivity index (χ0) is 22.6. The number of hydrogen-bond acceptors (Lipinski definition) is 5. The summed E-state index contributed by atoms with van der Waals surface area (Å²) in [6.07, 6.45) is 8.41. The number of rotatable bonds is 3. The van der Waals surface area contributed by atoms with E-state index in [2.05, 4.69) is 25.4 Å². The van der Waals surface area contributed by atoms with E-state index in [0.717, 1.165) is 60.3 Å². The molecule has 4 aromatic rings. The van der Waals surface area contributed by atoms with E-state index in [4.69, 9.17) is 4.98 Å². The van der Waals surface area contributed by atoms with Crippen molar-refractivity contribution >= 4 is 0 Å². The quantitative estimate of drug-likeness (QED) is 0.466. The van der Waals surface area contributed by atoms with Crippen LogP contribution in [0.25, 0.3) is 22.6 Å². The van der Waals surface area contributed by atoms with Crippen molar-refractivity contribution in [2.45, 2.75) is 50.4 Å². The number of hydrogen-bond donors (Lipinski definition) is 1. The Morgan fingerprint density at radius 1 is 1.06 bits per heavy atom. The third-order valence-electron chi connectivity index (χ3n) is 7.23. The summed E-state index contributed by atoms with van der Waals surface area (Å²) in [7, 11) is 0. The Kier molecular flexibility index (Phi) is 4.57. The molecular formula is C25H22F2N6. The van der Waals surface area contributed by atoms with Gasteiger partial charge in [-0.3, -0.25) is 5.10 Å². The minimum atomic E-state index is -0.631. The van der Waals surface area contributed by atoms with E-state index in [1.54, 1.807) is 12.4 Å². The smallest absolute Gasteiger partial charge is 0.162 e. The Morgan fingerprint density at radius 2 is 1.91 bits per heavy atom. The topological polar surface area (TPSA) is 80.2 Å². The van der Waals surface area contributed by atoms with Gasteiger partial charge in [-0.2, -0.15) is 10.2 Å². The summed E-state index contributed by atoms with van der Waals surface area (Å²) in [6.45, 7) is 1.92. The predicted octanol–water partition coefficient (Wildman–Crippen LogP) is 5.26. The lowest BCUT2D eigenvalue weighted by atomic mass is 9.68. The summed E-state index contributed by atoms with van der Waals surface area (Å²) in [6, 6.07) is 7.66. The van der Waals surface area contributed by atoms with Gasteiger partial charge in [-0.1, -0.05) is 12.5 Å². The van der Waals surface area contributed by atoms with Gasteiger partial charge >= 0.3 is 0 Å². The van der Waals surface area contributed by atoms with Crippen LogP contribution in [0.3, 0.4) is 0 Å². The van der Waals surface area contributed by atoms with Crippen molar-refractivity contribution in [2.24, 2.45) is 0 Å². The molecule has 0 amide bonds. The molecule has 166 valence electrons. The van der Waals surface area contributed by atoms with Gasteiger partial charge in [0.15, 0.2) is 5.82 Å². The predicted molar refractivity (Wildman–Crippen MR) is 118 cm³/mol. The van der Waals surface area contributed by atoms with Gasteiger partial charge in [0.1, 0.15) is 11.6 Å². The molecule has 0 aliphatic heterocycles. The Labute approximate surface area is 189 Å². The molecule has 3 aliphatic carbocycles. The average Bonchev–Trinajstić information content (AvgIpc) is 3.05. The van der Waals surface area contributed by atoms with Gasteiger partial charge in [-0.15, -0.1) is 5.10 Å². The fourth-order valence-electron chi connectivity index (χ4n) is 5.56. The van der Waals surface area contributed by atoms with Crippen LogP contribution in [-0.4, -0.2) is 30.4 Å². The zero-order valence-corrected chi connectivity index (χ0v) is 18.1. The number of halogens is 2. The number of nitrogens with one attached hydrogen (secondary N) is 1. The van der Waals surface area contributed by atoms with E-state index < -0.39 is 17.0 Å². The fraction of sp³-hybridized carbons (Fsp3) is 0.320. The molecule has 0 saturated heterocycles. The van der Waals surface area contributed by atoms with Crippen LogP contribution < -0.4 is 0 Å². The maximum atomic E-state index is 14.5. The van der Waals surface area contributed by atoms with Crippen LogP contribution in [0.2, 0.25) is 0 Å². The number of H-pyrrole nitrogens is 1. The third kappa shape index (κ3) is 3.08. The van der Waals surface area contributed by atoms with Crippen LogP contribution in [0, 0.1) is 18.6 Å². The van der Waals surface area contributed by atoms with Gasteiger partial charge in [0.25, 0.3) is 0 Å². The molecule has 33 heavy (non-hydrogen) atoms. The SMILES string of the molecule is Cc1n[nH]cc1-c1nccc([C@@]23CCC[C@@H](CC2)c2cc(-c4c(F)cccc4F)nnc23)n1. The number of aryl methyl sites for hydroxylation is 1. The van der Waals surface area contributed by atoms with Crippen LogP contribution in [0.1, 0.15) is 60.7 Å². The van der Waals surface area contributed by atoms with Crippen molar-refractivity contribution in [1.82, 2.24) is 30.4 Å². The van der Waals surface area contributed by atoms with Gasteiger partial charge in [0, 0.05) is 12.4 Å². The highest BCUT2D eigenvalue weighted by Gasteiger charge is 2.46. The lowest BCUT2D eigenvalue weighted by Crippen LogP contribution is -2.34. The van der Waals surface area contributed by atoms with E-state index in [1.165, 1.54) is 18.2 Å². The second-order valence-corrected chi connectivity index (χ2v) is 8.99. The second kappa shape index (κ2) is 7.50. The van der Waals surface area contributed by atoms with Gasteiger partial charge in [0.05, 0.1) is 39.3 Å². The highest BCUT2D eigenvalue weighted by atomic mass is 19.1. The summed E-state index contributed by atoms with van der Waals surface area (Å²) in [5.74, 6) is -0.335. The molecule has 2 bridgehead atoms. The number of nitrogens with zero attached hydrogens (tertiary/aromatic N) is 5. The van der Waals surface area contributed by atoms with Crippen LogP contribution >= 0.6 is 0 Å². The lowest BCUT2D eigenvalue weighted by molar-refractivity contribution is 0.389. The van der Waals surface area contributed by atoms with E-state index in [0.29, 0.717) is 11.7 Å². The molecule has 1 N–H and O–H groups in total. The van der Waals surface area contributed by atoms with Crippen LogP contribution in [0.5, 0.6) is 0 Å². The number of aromatic amines is 1. The highest BCUT2D eigenvalue weighted by Crippen LogP contribution is 2.53. The first-order valence-corrected chi connectivity index (χ1v) is 11.2. The van der Waals surface area contributed by atoms with Crippen molar-refractivity contribution in [3.8, 4) is 22.6 Å². The summed E-state index contributed by atoms with van der Waals surface area (Å²) >= 11 is 0. The maximum Gasteiger partial charge on any atom is 0.162 e. The molecule has 0 unspecified atom stereocenters. The Morgan fingerprint density at radius 3 is 2.70 bits per heavy atom. The standard InChI is InChI=1S/C25H22F2N6/c1-14-17(13-29-31-14)24-28-11-8-21(30-24)25-9-3-4-15(7-10-25)16-12-20(32-33-23(16)25)22-18(26)5-2-6-19(22)27/h2,5-6,8,11-13,15H,3-4,7,9-10H2,1H3,(H,29,31)/t15-,25+/m0/s1. The first-order chi connectivity index (χ1) is 16.1. The van der Waals surface area contributed by atoms with Gasteiger partial charge in [0.2, 0.25) is 0 Å². The highest BCUT2D eigenvalue weighted by molar-refractivity contribution is 5.63. The van der Waals surface area contributed by atoms with Crippen LogP contribution in [0.4, 0.5) is 8.78 Å². The number of benzene rings is 1. The number of aromatic nitrogens is 6. The van der Waals surface area contributed by atoms with Crippen LogP contribution in [0.15, 0.2) is 42.7 Å². The molecule has 6 nitrogen and oxygen atoms in total. The minimum Gasteiger partial charge on any atom is -0.285 e. The Balaban J connectivity index is 1.51. The van der Waals surface area contributed by atoms with Crippen molar-refractivity contribution in [2.75, 3.05) is 0 Å². The van der Waals surface area contributed by atoms with E-state index in [-0.39, 0.29) is 11.3 Å². The molecule has 7 rings (SSSR count). The number of fused-ring (bicyclic) bond motifs is 3. The lowest BCUT2D eigenvalue weighted by Gasteiger charge is -2.37. The average molecular weight is 444 g/mol. The Hall–Kier alpha value is -3.55. The summed E-state index contributed by atoms with van der Waals surface area (Å²) in [5, 5.41) is 16.0. The van der Waals surface area contributed by atoms with Gasteiger partial charge < -0.3 is 0 Å². The molecule has 1 aromatic carbocycles. The van der Waals surface area contributed by atoms with Crippen molar-refractivity contribution in [1.29, 1.82) is 0 Å². The molecular weight excluding hydrogens is 422 g/mol. The second-order valence-electron chi connectivity index (χ2n) is 8.99. The van der Waals surface area contributed by atoms with E-state index >= 15 is 0 Å². The van der Waals surface area contributed by atoms with Gasteiger partial charge in [-0.25, -0.2) is 18.7 Å². The summed E-state index contributed by atoms with van der Waals surface area (Å²) in [4.78, 5) is 9.44. The van der Waals surface area contributed by atoms with E-state index in [1.807, 2.05) is 19.1 Å². The third-order valence-corrected chi connectivity index (χ3v) is 7.23. The first-order valence-electron chi connectivity index (χ1n) is 11.2. The largest absolute Gasteiger partial charge is 0.285 e. The maximum absolute atomic E-state index is 14.5. The molecule has 0 spiro atoms. The van der Waals surface area contributed by atoms with Crippen molar-refractivity contribution in [3.05, 3.63) is 77.0 Å². The van der Waals surface area contributed by atoms with Crippen molar-refractivity contribution in [3.63, 3.8) is 0 Å². The zero-order valence-electron chi connectivity index (χ0n) is 18.1. The molecule has 8 heteroatoms. The van der Waals surface area contributed by atoms with Gasteiger partial charge in [-0.05, 0) is 68.4 Å². The summed E-state index contributed by atoms with van der Waals surface area (Å²) in [5.41, 5.74) is 4.26. The molecule has 1 saturated carbocycles. The minimum absolute atomic E-state index is 0.123. The van der Waals surface area contributed by atoms with E-state index in [9.17, 15) is 8.78 Å². The normalized spacial score (nSPS) is 21.6. The first kappa shape index (κ1) is 20.1. The molecule has 3 heterocycles. The monoisotopic (exact) mass is 444 g/mol. The Bertz CT molecular complexity index is 1340. The molecule has 3 aliphatic rings. The fourth-order valence-corrected chi connectivity index (χ4v) is 5.56. The van der Waals surface area contributed by atoms with Crippen LogP contribution in [-0.2, 0) is 5.41 Å². The molecule has 0 radical (unpaired) electrons.